The van der Waals surface area contributed by atoms with Gasteiger partial charge in [0, 0.05) is 36.5 Å². The van der Waals surface area contributed by atoms with Gasteiger partial charge in [0.15, 0.2) is 11.6 Å². The van der Waals surface area contributed by atoms with Crippen LogP contribution in [0.25, 0.3) is 0 Å². The number of ketones is 1. The maximum atomic E-state index is 16.3. The van der Waals surface area contributed by atoms with Crippen molar-refractivity contribution in [3.05, 3.63) is 58.9 Å². The van der Waals surface area contributed by atoms with Gasteiger partial charge in [0.1, 0.15) is 11.4 Å². The maximum absolute atomic E-state index is 16.3. The number of rotatable bonds is 4. The molecule has 0 unspecified atom stereocenters. The van der Waals surface area contributed by atoms with Crippen molar-refractivity contribution in [3.63, 3.8) is 0 Å². The van der Waals surface area contributed by atoms with E-state index in [2.05, 4.69) is 18.4 Å². The van der Waals surface area contributed by atoms with Gasteiger partial charge in [-0.3, -0.25) is 4.79 Å². The minimum Gasteiger partial charge on any atom is -0.377 e. The summed E-state index contributed by atoms with van der Waals surface area (Å²) < 4.78 is 31.9. The largest absolute Gasteiger partial charge is 0.377 e. The van der Waals surface area contributed by atoms with Crippen LogP contribution in [-0.2, 0) is 4.79 Å². The third-order valence-electron chi connectivity index (χ3n) is 9.87. The highest BCUT2D eigenvalue weighted by Gasteiger charge is 2.65. The van der Waals surface area contributed by atoms with E-state index in [1.54, 1.807) is 19.1 Å². The molecule has 1 saturated heterocycles. The van der Waals surface area contributed by atoms with Gasteiger partial charge in [0.05, 0.1) is 0 Å². The smallest absolute Gasteiger partial charge is 0.157 e. The fraction of sp³-hybridized carbons (Fsp3) is 0.581. The Balaban J connectivity index is 1.67. The Morgan fingerprint density at radius 3 is 2.67 bits per heavy atom. The van der Waals surface area contributed by atoms with Crippen molar-refractivity contribution in [1.82, 2.24) is 4.90 Å². The van der Waals surface area contributed by atoms with Crippen molar-refractivity contribution in [2.24, 2.45) is 29.1 Å². The van der Waals surface area contributed by atoms with E-state index in [9.17, 15) is 9.90 Å². The molecule has 36 heavy (non-hydrogen) atoms. The Morgan fingerprint density at radius 2 is 2.03 bits per heavy atom. The first-order valence-electron chi connectivity index (χ1n) is 13.4. The number of likely N-dealkylation sites (tertiary alicyclic amines) is 1. The Morgan fingerprint density at radius 1 is 1.28 bits per heavy atom. The molecule has 0 aromatic rings. The van der Waals surface area contributed by atoms with Crippen LogP contribution in [0.3, 0.4) is 0 Å². The van der Waals surface area contributed by atoms with Gasteiger partial charge in [-0.1, -0.05) is 31.9 Å². The molecule has 5 aliphatic rings. The van der Waals surface area contributed by atoms with Crippen LogP contribution < -0.4 is 0 Å². The van der Waals surface area contributed by atoms with E-state index < -0.39 is 28.6 Å². The van der Waals surface area contributed by atoms with Crippen LogP contribution in [0.5, 0.6) is 0 Å². The Labute approximate surface area is 213 Å². The molecular formula is C31H37F2NO2. The summed E-state index contributed by atoms with van der Waals surface area (Å²) in [6.07, 6.45) is 9.25. The number of aliphatic hydroxyl groups is 1. The van der Waals surface area contributed by atoms with Crippen LogP contribution in [0.2, 0.25) is 0 Å². The quantitative estimate of drug-likeness (QED) is 0.367. The second kappa shape index (κ2) is 9.14. The summed E-state index contributed by atoms with van der Waals surface area (Å²) in [5.74, 6) is 3.83. The van der Waals surface area contributed by atoms with Gasteiger partial charge in [0.25, 0.3) is 0 Å². The maximum Gasteiger partial charge on any atom is 0.157 e. The number of fused-ring (bicyclic) bond motifs is 4. The molecule has 3 fully saturated rings. The highest BCUT2D eigenvalue weighted by Crippen LogP contribution is 2.67. The average Bonchev–Trinajstić information content (AvgIpc) is 3.01. The third-order valence-corrected chi connectivity index (χ3v) is 9.87. The average molecular weight is 494 g/mol. The molecule has 1 N–H and O–H groups in total. The van der Waals surface area contributed by atoms with Gasteiger partial charge < -0.3 is 10.0 Å². The lowest BCUT2D eigenvalue weighted by Crippen LogP contribution is -2.53. The van der Waals surface area contributed by atoms with E-state index in [1.807, 2.05) is 18.7 Å². The summed E-state index contributed by atoms with van der Waals surface area (Å²) in [5, 5.41) is 11.9. The van der Waals surface area contributed by atoms with Crippen molar-refractivity contribution in [2.45, 2.75) is 71.3 Å². The second-order valence-corrected chi connectivity index (χ2v) is 11.6. The molecule has 0 aromatic carbocycles. The van der Waals surface area contributed by atoms with E-state index in [0.29, 0.717) is 25.0 Å². The van der Waals surface area contributed by atoms with Crippen molar-refractivity contribution in [1.29, 1.82) is 0 Å². The standard InChI is InChI=1S/C31H37F2NO2/c1-5-12-31(36)19(3)15-26-24-10-8-20-16-22(35)9-11-23(20)28(24)25(18-30(26,31)4)29(33)27(32)17-21(6-2)34-13-7-14-34/h6,16-17,19,24-26,36H,2,7-11,13-15,18H2,1,3-4H3/b21-17+,29-27+/t19-,24+,25+,26+,30+,31+/m1/s1. The van der Waals surface area contributed by atoms with Crippen molar-refractivity contribution >= 4 is 5.78 Å². The number of carbonyl (C=O) groups excluding carboxylic acids is 1. The van der Waals surface area contributed by atoms with Crippen molar-refractivity contribution in [2.75, 3.05) is 13.1 Å². The SMILES string of the molecule is C=C/C(=C\C(F)=C(/F)[C@H]1C[C@@]2(C)[C@@H](C[C@@H](C)[C@@]2(O)C#CC)[C@@H]2CCC3=CC(=O)CCC3=C21)N1CCC1. The second-order valence-electron chi connectivity index (χ2n) is 11.6. The minimum absolute atomic E-state index is 0.0426. The molecule has 4 aliphatic carbocycles. The zero-order valence-corrected chi connectivity index (χ0v) is 21.7. The van der Waals surface area contributed by atoms with Crippen LogP contribution in [0.15, 0.2) is 58.9 Å². The summed E-state index contributed by atoms with van der Waals surface area (Å²) >= 11 is 0. The number of carbonyl (C=O) groups is 1. The van der Waals surface area contributed by atoms with Crippen LogP contribution in [0.1, 0.15) is 65.7 Å². The van der Waals surface area contributed by atoms with Gasteiger partial charge in [-0.15, -0.1) is 5.92 Å². The summed E-state index contributed by atoms with van der Waals surface area (Å²) in [7, 11) is 0. The van der Waals surface area contributed by atoms with Gasteiger partial charge in [-0.25, -0.2) is 8.78 Å². The van der Waals surface area contributed by atoms with Crippen LogP contribution in [0.4, 0.5) is 8.78 Å². The number of halogens is 2. The highest BCUT2D eigenvalue weighted by atomic mass is 19.2. The summed E-state index contributed by atoms with van der Waals surface area (Å²) in [4.78, 5) is 14.2. The Bertz CT molecular complexity index is 1180. The van der Waals surface area contributed by atoms with Gasteiger partial charge in [-0.2, -0.15) is 0 Å². The van der Waals surface area contributed by atoms with Gasteiger partial charge in [0.2, 0.25) is 0 Å². The molecule has 0 radical (unpaired) electrons. The number of hydrogen-bond donors (Lipinski definition) is 1. The molecule has 1 heterocycles. The lowest BCUT2D eigenvalue weighted by molar-refractivity contribution is -0.114. The van der Waals surface area contributed by atoms with Gasteiger partial charge >= 0.3 is 0 Å². The molecule has 0 spiro atoms. The molecule has 5 heteroatoms. The summed E-state index contributed by atoms with van der Waals surface area (Å²) in [6, 6.07) is 0. The van der Waals surface area contributed by atoms with Crippen LogP contribution >= 0.6 is 0 Å². The van der Waals surface area contributed by atoms with E-state index in [4.69, 9.17) is 0 Å². The van der Waals surface area contributed by atoms with Crippen LogP contribution in [0, 0.1) is 40.9 Å². The molecule has 0 amide bonds. The van der Waals surface area contributed by atoms with E-state index >= 15 is 8.78 Å². The molecule has 192 valence electrons. The topological polar surface area (TPSA) is 40.5 Å². The molecule has 3 nitrogen and oxygen atoms in total. The lowest BCUT2D eigenvalue weighted by atomic mass is 9.51. The zero-order chi connectivity index (χ0) is 25.8. The molecule has 1 aliphatic heterocycles. The van der Waals surface area contributed by atoms with Gasteiger partial charge in [-0.05, 0) is 92.6 Å². The van der Waals surface area contributed by atoms with E-state index in [1.165, 1.54) is 6.08 Å². The molecule has 6 atom stereocenters. The predicted octanol–water partition coefficient (Wildman–Crippen LogP) is 6.35. The monoisotopic (exact) mass is 493 g/mol. The summed E-state index contributed by atoms with van der Waals surface area (Å²) in [6.45, 7) is 11.2. The minimum atomic E-state index is -1.25. The molecule has 0 bridgehead atoms. The lowest BCUT2D eigenvalue weighted by Gasteiger charge is -2.53. The first kappa shape index (κ1) is 25.2. The van der Waals surface area contributed by atoms with E-state index in [0.717, 1.165) is 55.5 Å². The first-order chi connectivity index (χ1) is 17.1. The highest BCUT2D eigenvalue weighted by molar-refractivity contribution is 5.93. The molecule has 5 rings (SSSR count). The van der Waals surface area contributed by atoms with Crippen molar-refractivity contribution in [3.8, 4) is 11.8 Å². The molecular weight excluding hydrogens is 456 g/mol. The Hall–Kier alpha value is -2.45. The molecule has 0 aromatic heterocycles. The first-order valence-corrected chi connectivity index (χ1v) is 13.4. The fourth-order valence-electron chi connectivity index (χ4n) is 7.90. The number of allylic oxidation sites excluding steroid dienone is 8. The third kappa shape index (κ3) is 3.67. The fourth-order valence-corrected chi connectivity index (χ4v) is 7.90. The normalized spacial score (nSPS) is 38.6. The number of nitrogens with zero attached hydrogens (tertiary/aromatic N) is 1. The van der Waals surface area contributed by atoms with Crippen LogP contribution in [-0.4, -0.2) is 34.5 Å². The molecule has 2 saturated carbocycles. The zero-order valence-electron chi connectivity index (χ0n) is 21.7. The Kier molecular flexibility index (Phi) is 6.40. The van der Waals surface area contributed by atoms with Crippen molar-refractivity contribution < 1.29 is 18.7 Å². The summed E-state index contributed by atoms with van der Waals surface area (Å²) in [5.41, 5.74) is 1.70. The number of hydrogen-bond acceptors (Lipinski definition) is 3. The predicted molar refractivity (Wildman–Crippen MR) is 138 cm³/mol. The van der Waals surface area contributed by atoms with E-state index in [-0.39, 0.29) is 23.5 Å².